The van der Waals surface area contributed by atoms with Crippen LogP contribution in [0.4, 0.5) is 11.4 Å². The second kappa shape index (κ2) is 11.8. The molecule has 4 nitrogen and oxygen atoms in total. The van der Waals surface area contributed by atoms with Crippen LogP contribution in [0.3, 0.4) is 0 Å². The van der Waals surface area contributed by atoms with Gasteiger partial charge in [-0.25, -0.2) is 9.79 Å². The Morgan fingerprint density at radius 3 is 2.10 bits per heavy atom. The minimum atomic E-state index is -0.911. The van der Waals surface area contributed by atoms with Crippen LogP contribution in [0.15, 0.2) is 138 Å². The van der Waals surface area contributed by atoms with Crippen LogP contribution in [0.5, 0.6) is 0 Å². The zero-order valence-electron chi connectivity index (χ0n) is 29.5. The predicted octanol–water partition coefficient (Wildman–Crippen LogP) is 9.57. The lowest BCUT2D eigenvalue weighted by molar-refractivity contribution is -0.349. The van der Waals surface area contributed by atoms with Gasteiger partial charge >= 0.3 is 5.97 Å². The van der Waals surface area contributed by atoms with Gasteiger partial charge in [-0.3, -0.25) is 0 Å². The number of aromatic carboxylic acids is 1. The zero-order chi connectivity index (χ0) is 34.8. The maximum Gasteiger partial charge on any atom is 0.335 e. The number of likely N-dealkylation sites (N-methyl/N-ethyl adjacent to an activating group) is 1. The second-order valence-electron chi connectivity index (χ2n) is 15.0. The van der Waals surface area contributed by atoms with Gasteiger partial charge in [0.15, 0.2) is 5.71 Å². The van der Waals surface area contributed by atoms with E-state index in [1.165, 1.54) is 72.2 Å². The van der Waals surface area contributed by atoms with E-state index in [2.05, 4.69) is 142 Å². The van der Waals surface area contributed by atoms with Crippen molar-refractivity contribution in [1.82, 2.24) is 0 Å². The molecule has 0 saturated carbocycles. The molecule has 2 aliphatic heterocycles. The molecule has 5 aromatic rings. The van der Waals surface area contributed by atoms with E-state index < -0.39 is 5.97 Å². The summed E-state index contributed by atoms with van der Waals surface area (Å²) in [6.45, 7) is 9.27. The number of rotatable bonds is 5. The highest BCUT2D eigenvalue weighted by molar-refractivity contribution is 6.07. The number of hydrogen-bond donors (Lipinski definition) is 2. The molecule has 3 aliphatic rings. The Kier molecular flexibility index (Phi) is 7.52. The van der Waals surface area contributed by atoms with E-state index in [0.29, 0.717) is 5.56 Å². The Balaban J connectivity index is 1.22. The maximum atomic E-state index is 11.8. The van der Waals surface area contributed by atoms with Gasteiger partial charge < -0.3 is 10.0 Å². The molecule has 8 rings (SSSR count). The lowest BCUT2D eigenvalue weighted by Gasteiger charge is -2.25. The van der Waals surface area contributed by atoms with Crippen molar-refractivity contribution in [3.63, 3.8) is 0 Å². The molecule has 0 saturated heterocycles. The highest BCUT2D eigenvalue weighted by atomic mass is 16.4. The number of nitrogens with one attached hydrogen (secondary N) is 1. The first kappa shape index (κ1) is 31.8. The van der Waals surface area contributed by atoms with Gasteiger partial charge in [0.05, 0.1) is 11.0 Å². The predicted molar refractivity (Wildman–Crippen MR) is 207 cm³/mol. The first-order chi connectivity index (χ1) is 24.1. The van der Waals surface area contributed by atoms with Crippen molar-refractivity contribution in [1.29, 1.82) is 0 Å². The molecule has 248 valence electrons. The summed E-state index contributed by atoms with van der Waals surface area (Å²) in [5.41, 5.74) is 12.3. The quantitative estimate of drug-likeness (QED) is 0.198. The third kappa shape index (κ3) is 5.05. The molecular formula is C46H43N2O2+. The average molecular weight is 656 g/mol. The first-order valence-electron chi connectivity index (χ1n) is 17.6. The maximum absolute atomic E-state index is 11.8. The average Bonchev–Trinajstić information content (AvgIpc) is 3.50. The number of hydrogen-bond acceptors (Lipinski definition) is 2. The van der Waals surface area contributed by atoms with E-state index in [9.17, 15) is 9.90 Å². The Morgan fingerprint density at radius 1 is 0.740 bits per heavy atom. The van der Waals surface area contributed by atoms with Gasteiger partial charge in [0.1, 0.15) is 0 Å². The van der Waals surface area contributed by atoms with Crippen LogP contribution in [0, 0.1) is 0 Å². The number of fused-ring (bicyclic) bond motifs is 6. The molecule has 4 heteroatoms. The fourth-order valence-electron chi connectivity index (χ4n) is 8.70. The van der Waals surface area contributed by atoms with Crippen molar-refractivity contribution in [2.45, 2.75) is 57.8 Å². The number of allylic oxidation sites excluding steroid dienone is 8. The summed E-state index contributed by atoms with van der Waals surface area (Å²) in [7, 11) is 2.18. The lowest BCUT2D eigenvalue weighted by Crippen LogP contribution is -2.65. The molecule has 1 aliphatic carbocycles. The zero-order valence-corrected chi connectivity index (χ0v) is 29.5. The third-order valence-electron chi connectivity index (χ3n) is 11.2. The molecule has 0 amide bonds. The fraction of sp³-hybridized carbons (Fsp3) is 0.217. The molecule has 2 N–H and O–H groups in total. The minimum Gasteiger partial charge on any atom is -0.478 e. The molecule has 50 heavy (non-hydrogen) atoms. The Labute approximate surface area is 294 Å². The van der Waals surface area contributed by atoms with Gasteiger partial charge in [0.25, 0.3) is 0 Å². The highest BCUT2D eigenvalue weighted by Gasteiger charge is 2.42. The van der Waals surface area contributed by atoms with Crippen molar-refractivity contribution in [3.05, 3.63) is 160 Å². The molecule has 5 aromatic carbocycles. The van der Waals surface area contributed by atoms with Crippen molar-refractivity contribution < 1.29 is 14.9 Å². The molecule has 0 radical (unpaired) electrons. The van der Waals surface area contributed by atoms with Crippen molar-refractivity contribution in [2.24, 2.45) is 0 Å². The monoisotopic (exact) mass is 655 g/mol. The van der Waals surface area contributed by atoms with Crippen molar-refractivity contribution in [2.75, 3.05) is 11.9 Å². The highest BCUT2D eigenvalue weighted by Crippen LogP contribution is 2.50. The van der Waals surface area contributed by atoms with Crippen LogP contribution >= 0.6 is 0 Å². The number of carboxylic acids is 1. The molecule has 0 unspecified atom stereocenters. The SMILES string of the molecule is CN1/C(=C/C=C2\CCCC(/C=C/C3=[NH+]c4ccc5ccccc5c4C3(C)C)=C2c2ccc(C(=O)O)cc2)C(C)(C)c2c1ccc1ccccc21. The van der Waals surface area contributed by atoms with Crippen LogP contribution in [0.25, 0.3) is 27.1 Å². The topological polar surface area (TPSA) is 54.5 Å². The van der Waals surface area contributed by atoms with Crippen LogP contribution in [0.2, 0.25) is 0 Å². The number of anilines is 1. The fourth-order valence-corrected chi connectivity index (χ4v) is 8.70. The minimum absolute atomic E-state index is 0.179. The summed E-state index contributed by atoms with van der Waals surface area (Å²) in [5, 5.41) is 14.8. The Bertz CT molecular complexity index is 2380. The van der Waals surface area contributed by atoms with Gasteiger partial charge in [-0.2, -0.15) is 0 Å². The summed E-state index contributed by atoms with van der Waals surface area (Å²) in [4.78, 5) is 17.9. The third-order valence-corrected chi connectivity index (χ3v) is 11.2. The van der Waals surface area contributed by atoms with E-state index >= 15 is 0 Å². The van der Waals surface area contributed by atoms with Crippen molar-refractivity contribution in [3.8, 4) is 0 Å². The number of benzene rings is 5. The van der Waals surface area contributed by atoms with E-state index in [-0.39, 0.29) is 10.8 Å². The molecule has 0 bridgehead atoms. The Hall–Kier alpha value is -5.48. The molecule has 2 heterocycles. The van der Waals surface area contributed by atoms with E-state index in [1.54, 1.807) is 12.1 Å². The van der Waals surface area contributed by atoms with Crippen LogP contribution in [-0.4, -0.2) is 23.8 Å². The first-order valence-corrected chi connectivity index (χ1v) is 17.6. The van der Waals surface area contributed by atoms with Gasteiger partial charge in [-0.15, -0.1) is 0 Å². The summed E-state index contributed by atoms with van der Waals surface area (Å²) >= 11 is 0. The molecule has 0 atom stereocenters. The summed E-state index contributed by atoms with van der Waals surface area (Å²) in [6.07, 6.45) is 12.2. The van der Waals surface area contributed by atoms with Gasteiger partial charge in [-0.1, -0.05) is 92.7 Å². The molecule has 0 spiro atoms. The molecular weight excluding hydrogens is 613 g/mol. The van der Waals surface area contributed by atoms with Gasteiger partial charge in [0.2, 0.25) is 5.69 Å². The van der Waals surface area contributed by atoms with Gasteiger partial charge in [0, 0.05) is 41.6 Å². The summed E-state index contributed by atoms with van der Waals surface area (Å²) in [6, 6.07) is 33.6. The van der Waals surface area contributed by atoms with E-state index in [1.807, 2.05) is 12.1 Å². The molecule has 0 aromatic heterocycles. The largest absolute Gasteiger partial charge is 0.478 e. The van der Waals surface area contributed by atoms with Gasteiger partial charge in [-0.05, 0) is 113 Å². The lowest BCUT2D eigenvalue weighted by atomic mass is 9.78. The van der Waals surface area contributed by atoms with E-state index in [0.717, 1.165) is 24.8 Å². The normalized spacial score (nSPS) is 19.5. The summed E-state index contributed by atoms with van der Waals surface area (Å²) < 4.78 is 0. The van der Waals surface area contributed by atoms with Crippen LogP contribution in [0.1, 0.15) is 74.0 Å². The smallest absolute Gasteiger partial charge is 0.335 e. The van der Waals surface area contributed by atoms with Crippen LogP contribution in [-0.2, 0) is 10.8 Å². The summed E-state index contributed by atoms with van der Waals surface area (Å²) in [5.74, 6) is -0.911. The number of nitrogens with zero attached hydrogens (tertiary/aromatic N) is 1. The van der Waals surface area contributed by atoms with Crippen molar-refractivity contribution >= 4 is 50.2 Å². The number of carbonyl (C=O) groups is 1. The Morgan fingerprint density at radius 2 is 1.40 bits per heavy atom. The number of carboxylic acid groups (broad SMARTS) is 1. The molecule has 0 fully saturated rings. The standard InChI is InChI=1S/C46H42N2O2/c1-45(2)39(47-37-25-21-29-11-6-8-15-35(29)42(37)45)27-23-31-13-10-14-32(41(31)33-17-19-34(20-18-33)44(49)50)24-28-40-46(3,4)43-36-16-9-7-12-30(36)22-26-38(43)48(40)5/h6-9,11-12,15-28H,10,13-14H2,1-5H3,(H,49,50)/p+1/b27-23+,32-24+,40-28+. The second-order valence-corrected chi connectivity index (χ2v) is 15.0. The van der Waals surface area contributed by atoms with E-state index in [4.69, 9.17) is 0 Å². The van der Waals surface area contributed by atoms with Crippen LogP contribution < -0.4 is 9.89 Å².